The van der Waals surface area contributed by atoms with E-state index < -0.39 is 0 Å². The third kappa shape index (κ3) is 1.43. The summed E-state index contributed by atoms with van der Waals surface area (Å²) in [6.07, 6.45) is 4.01. The minimum Gasteiger partial charge on any atom is -0.345 e. The summed E-state index contributed by atoms with van der Waals surface area (Å²) >= 11 is 3.32. The molecule has 3 nitrogen and oxygen atoms in total. The number of nitrogens with zero attached hydrogens (tertiary/aromatic N) is 2. The van der Waals surface area contributed by atoms with Crippen molar-refractivity contribution in [2.75, 3.05) is 6.54 Å². The van der Waals surface area contributed by atoms with Crippen LogP contribution in [0.2, 0.25) is 0 Å². The van der Waals surface area contributed by atoms with E-state index in [-0.39, 0.29) is 6.04 Å². The first kappa shape index (κ1) is 8.32. The third-order valence-electron chi connectivity index (χ3n) is 2.17. The molecule has 1 saturated heterocycles. The first-order valence-corrected chi connectivity index (χ1v) is 4.78. The number of halogens is 1. The summed E-state index contributed by atoms with van der Waals surface area (Å²) in [5.74, 6) is 0.960. The number of aromatic nitrogens is 2. The predicted molar refractivity (Wildman–Crippen MR) is 50.7 cm³/mol. The summed E-state index contributed by atoms with van der Waals surface area (Å²) in [7, 11) is 5.78. The zero-order valence-corrected chi connectivity index (χ0v) is 8.21. The van der Waals surface area contributed by atoms with Crippen LogP contribution in [0, 0.1) is 0 Å². The lowest BCUT2D eigenvalue weighted by molar-refractivity contribution is 0.418. The van der Waals surface area contributed by atoms with Crippen molar-refractivity contribution in [3.63, 3.8) is 0 Å². The maximum absolute atomic E-state index is 5.78. The molecule has 0 amide bonds. The molecular weight excluding hydrogens is 217 g/mol. The summed E-state index contributed by atoms with van der Waals surface area (Å²) in [6, 6.07) is 0.274. The van der Waals surface area contributed by atoms with Crippen LogP contribution >= 0.6 is 15.9 Å². The number of nitrogens with one attached hydrogen (secondary N) is 1. The quantitative estimate of drug-likeness (QED) is 0.733. The summed E-state index contributed by atoms with van der Waals surface area (Å²) < 4.78 is 0.915. The fraction of sp³-hybridized carbons (Fsp3) is 0.571. The first-order valence-electron chi connectivity index (χ1n) is 3.99. The average Bonchev–Trinajstić information content (AvgIpc) is 2.58. The monoisotopic (exact) mass is 225 g/mol. The van der Waals surface area contributed by atoms with Gasteiger partial charge in [0, 0.05) is 0 Å². The third-order valence-corrected chi connectivity index (χ3v) is 2.58. The van der Waals surface area contributed by atoms with E-state index in [1.807, 2.05) is 4.81 Å². The lowest BCUT2D eigenvalue weighted by Crippen LogP contribution is -2.20. The van der Waals surface area contributed by atoms with Crippen LogP contribution in [-0.4, -0.2) is 29.3 Å². The summed E-state index contributed by atoms with van der Waals surface area (Å²) in [6.45, 7) is 0.961. The van der Waals surface area contributed by atoms with E-state index in [1.54, 1.807) is 6.20 Å². The number of hydrogen-bond donors (Lipinski definition) is 1. The second-order valence-corrected chi connectivity index (χ2v) is 3.87. The Labute approximate surface area is 81.1 Å². The van der Waals surface area contributed by atoms with E-state index in [1.165, 1.54) is 0 Å². The van der Waals surface area contributed by atoms with Crippen LogP contribution in [0.4, 0.5) is 0 Å². The first-order chi connectivity index (χ1) is 5.77. The highest BCUT2D eigenvalue weighted by Gasteiger charge is 2.23. The fourth-order valence-corrected chi connectivity index (χ4v) is 1.87. The molecule has 1 N–H and O–H groups in total. The lowest BCUT2D eigenvalue weighted by Gasteiger charge is -2.16. The number of H-pyrrole nitrogens is 1. The van der Waals surface area contributed by atoms with Gasteiger partial charge in [-0.25, -0.2) is 4.98 Å². The highest BCUT2D eigenvalue weighted by Crippen LogP contribution is 2.28. The molecule has 5 heteroatoms. The minimum absolute atomic E-state index is 0.274. The van der Waals surface area contributed by atoms with Crippen molar-refractivity contribution in [2.45, 2.75) is 18.9 Å². The molecule has 0 bridgehead atoms. The van der Waals surface area contributed by atoms with E-state index in [4.69, 9.17) is 7.98 Å². The summed E-state index contributed by atoms with van der Waals surface area (Å²) in [5, 5.41) is 0. The van der Waals surface area contributed by atoms with Crippen LogP contribution in [0.1, 0.15) is 24.7 Å². The van der Waals surface area contributed by atoms with Crippen molar-refractivity contribution in [3.05, 3.63) is 16.6 Å². The molecule has 1 fully saturated rings. The Hall–Kier alpha value is -0.285. The van der Waals surface area contributed by atoms with Crippen molar-refractivity contribution >= 4 is 23.9 Å². The Kier molecular flexibility index (Phi) is 2.23. The molecule has 2 radical (unpaired) electrons. The predicted octanol–water partition coefficient (Wildman–Crippen LogP) is 1.39. The standard InChI is InChI=1S/C7H9BBrN3/c8-12-3-1-2-5(12)7-10-4-6(9)11-7/h4-5H,1-3H2,(H,10,11)/t5-/m0/s1. The average molecular weight is 226 g/mol. The molecule has 2 rings (SSSR count). The molecule has 1 aliphatic heterocycles. The molecule has 1 aliphatic rings. The van der Waals surface area contributed by atoms with Crippen molar-refractivity contribution in [1.82, 2.24) is 14.8 Å². The molecule has 1 atom stereocenters. The Morgan fingerprint density at radius 1 is 1.75 bits per heavy atom. The van der Waals surface area contributed by atoms with Gasteiger partial charge in [0.1, 0.15) is 10.4 Å². The number of hydrogen-bond acceptors (Lipinski definition) is 2. The molecule has 12 heavy (non-hydrogen) atoms. The van der Waals surface area contributed by atoms with E-state index in [0.717, 1.165) is 29.8 Å². The Balaban J connectivity index is 2.19. The van der Waals surface area contributed by atoms with Gasteiger partial charge in [-0.1, -0.05) is 0 Å². The van der Waals surface area contributed by atoms with Gasteiger partial charge in [0.05, 0.1) is 12.2 Å². The van der Waals surface area contributed by atoms with Crippen molar-refractivity contribution in [2.24, 2.45) is 0 Å². The minimum atomic E-state index is 0.274. The van der Waals surface area contributed by atoms with Crippen molar-refractivity contribution in [1.29, 1.82) is 0 Å². The van der Waals surface area contributed by atoms with Crippen molar-refractivity contribution in [3.8, 4) is 0 Å². The summed E-state index contributed by atoms with van der Waals surface area (Å²) in [4.78, 5) is 9.19. The van der Waals surface area contributed by atoms with E-state index in [0.29, 0.717) is 0 Å². The zero-order chi connectivity index (χ0) is 8.55. The van der Waals surface area contributed by atoms with Gasteiger partial charge in [-0.2, -0.15) is 0 Å². The van der Waals surface area contributed by atoms with Crippen molar-refractivity contribution < 1.29 is 0 Å². The Bertz CT molecular complexity index is 275. The van der Waals surface area contributed by atoms with Gasteiger partial charge in [0.25, 0.3) is 0 Å². The van der Waals surface area contributed by atoms with Crippen LogP contribution in [0.15, 0.2) is 10.8 Å². The normalized spacial score (nSPS) is 24.9. The molecule has 0 unspecified atom stereocenters. The SMILES string of the molecule is [B]N1CCC[C@H]1c1ncc(Br)[nH]1. The maximum atomic E-state index is 5.78. The highest BCUT2D eigenvalue weighted by atomic mass is 79.9. The smallest absolute Gasteiger partial charge is 0.183 e. The topological polar surface area (TPSA) is 31.9 Å². The molecule has 1 aromatic rings. The largest absolute Gasteiger partial charge is 0.345 e. The van der Waals surface area contributed by atoms with Gasteiger partial charge in [-0.05, 0) is 35.3 Å². The van der Waals surface area contributed by atoms with Crippen LogP contribution in [0.3, 0.4) is 0 Å². The van der Waals surface area contributed by atoms with E-state index in [2.05, 4.69) is 25.9 Å². The lowest BCUT2D eigenvalue weighted by atomic mass is 10.2. The number of rotatable bonds is 1. The molecule has 0 aromatic carbocycles. The van der Waals surface area contributed by atoms with E-state index in [9.17, 15) is 0 Å². The second-order valence-electron chi connectivity index (χ2n) is 3.01. The Morgan fingerprint density at radius 3 is 3.08 bits per heavy atom. The van der Waals surface area contributed by atoms with Crippen LogP contribution in [0.5, 0.6) is 0 Å². The van der Waals surface area contributed by atoms with Crippen LogP contribution in [0.25, 0.3) is 0 Å². The molecule has 0 saturated carbocycles. The molecule has 1 aromatic heterocycles. The summed E-state index contributed by atoms with van der Waals surface area (Å²) in [5.41, 5.74) is 0. The van der Waals surface area contributed by atoms with E-state index >= 15 is 0 Å². The number of aromatic amines is 1. The molecule has 0 spiro atoms. The molecular formula is C7H9BBrN3. The maximum Gasteiger partial charge on any atom is 0.183 e. The Morgan fingerprint density at radius 2 is 2.58 bits per heavy atom. The zero-order valence-electron chi connectivity index (χ0n) is 6.63. The van der Waals surface area contributed by atoms with Gasteiger partial charge in [0.2, 0.25) is 0 Å². The van der Waals surface area contributed by atoms with Gasteiger partial charge in [-0.3, -0.25) is 0 Å². The highest BCUT2D eigenvalue weighted by molar-refractivity contribution is 9.10. The molecule has 2 heterocycles. The fourth-order valence-electron chi connectivity index (χ4n) is 1.57. The van der Waals surface area contributed by atoms with Gasteiger partial charge < -0.3 is 9.79 Å². The van der Waals surface area contributed by atoms with Gasteiger partial charge in [0.15, 0.2) is 7.98 Å². The molecule has 0 aliphatic carbocycles. The van der Waals surface area contributed by atoms with Crippen LogP contribution in [-0.2, 0) is 0 Å². The second kappa shape index (κ2) is 3.22. The van der Waals surface area contributed by atoms with Crippen LogP contribution < -0.4 is 0 Å². The van der Waals surface area contributed by atoms with Gasteiger partial charge in [-0.15, -0.1) is 0 Å². The van der Waals surface area contributed by atoms with Gasteiger partial charge >= 0.3 is 0 Å². The molecule has 62 valence electrons. The number of imidazole rings is 1.